The number of halogens is 1. The Balaban J connectivity index is 1.86. The van der Waals surface area contributed by atoms with Crippen molar-refractivity contribution in [2.75, 3.05) is 13.7 Å². The largest absolute Gasteiger partial charge is 0.391 e. The Morgan fingerprint density at radius 3 is 2.83 bits per heavy atom. The third-order valence-corrected chi connectivity index (χ3v) is 5.56. The van der Waals surface area contributed by atoms with E-state index < -0.39 is 6.10 Å². The van der Waals surface area contributed by atoms with Crippen LogP contribution in [-0.4, -0.2) is 46.8 Å². The van der Waals surface area contributed by atoms with Gasteiger partial charge in [-0.3, -0.25) is 4.79 Å². The van der Waals surface area contributed by atoms with E-state index >= 15 is 0 Å². The van der Waals surface area contributed by atoms with Gasteiger partial charge in [-0.25, -0.2) is 9.97 Å². The number of ether oxygens (including phenoxy) is 1. The first-order valence-electron chi connectivity index (χ1n) is 10.1. The minimum Gasteiger partial charge on any atom is -0.391 e. The Morgan fingerprint density at radius 1 is 1.34 bits per heavy atom. The van der Waals surface area contributed by atoms with E-state index in [-0.39, 0.29) is 11.9 Å². The second-order valence-electron chi connectivity index (χ2n) is 7.57. The number of aromatic nitrogens is 2. The summed E-state index contributed by atoms with van der Waals surface area (Å²) in [4.78, 5) is 21.7. The average Bonchev–Trinajstić information content (AvgIpc) is 2.72. The van der Waals surface area contributed by atoms with Crippen LogP contribution in [0.2, 0.25) is 5.15 Å². The van der Waals surface area contributed by atoms with Gasteiger partial charge in [0.1, 0.15) is 10.8 Å². The summed E-state index contributed by atoms with van der Waals surface area (Å²) in [5.74, 6) is -0.268. The first-order valence-corrected chi connectivity index (χ1v) is 10.5. The summed E-state index contributed by atoms with van der Waals surface area (Å²) in [6, 6.07) is 5.23. The lowest BCUT2D eigenvalue weighted by Gasteiger charge is -2.23. The second-order valence-corrected chi connectivity index (χ2v) is 7.95. The standard InChI is InChI=1S/C22H28ClN3O3/c1-14(27)18(9-10-29-2)26-22(28)20-12-16(11-15-7-8-21(23)24-13-15)17-5-3-4-6-19(17)25-20/h7-8,12-14,18,27H,3-6,9-11H2,1-2H3,(H,26,28). The maximum Gasteiger partial charge on any atom is 0.270 e. The molecule has 156 valence electrons. The summed E-state index contributed by atoms with van der Waals surface area (Å²) in [6.45, 7) is 2.13. The maximum absolute atomic E-state index is 12.9. The van der Waals surface area contributed by atoms with Crippen LogP contribution in [0.4, 0.5) is 0 Å². The van der Waals surface area contributed by atoms with Crippen molar-refractivity contribution in [1.82, 2.24) is 15.3 Å². The number of carbonyl (C=O) groups is 1. The molecule has 0 aromatic carbocycles. The second kappa shape index (κ2) is 10.1. The monoisotopic (exact) mass is 417 g/mol. The van der Waals surface area contributed by atoms with Crippen LogP contribution in [0.15, 0.2) is 24.4 Å². The molecule has 2 atom stereocenters. The number of nitrogens with zero attached hydrogens (tertiary/aromatic N) is 2. The Bertz CT molecular complexity index is 840. The van der Waals surface area contributed by atoms with Crippen LogP contribution in [0.25, 0.3) is 0 Å². The lowest BCUT2D eigenvalue weighted by Crippen LogP contribution is -2.43. The fourth-order valence-corrected chi connectivity index (χ4v) is 3.83. The molecule has 0 radical (unpaired) electrons. The van der Waals surface area contributed by atoms with Gasteiger partial charge in [-0.05, 0) is 74.3 Å². The van der Waals surface area contributed by atoms with Crippen LogP contribution in [0.1, 0.15) is 59.1 Å². The molecule has 0 bridgehead atoms. The quantitative estimate of drug-likeness (QED) is 0.644. The zero-order valence-electron chi connectivity index (χ0n) is 16.9. The third-order valence-electron chi connectivity index (χ3n) is 5.34. The van der Waals surface area contributed by atoms with Crippen molar-refractivity contribution in [3.63, 3.8) is 0 Å². The SMILES string of the molecule is COCCC(NC(=O)c1cc(Cc2ccc(Cl)nc2)c2c(n1)CCCC2)C(C)O. The molecule has 3 rings (SSSR count). The summed E-state index contributed by atoms with van der Waals surface area (Å²) in [5.41, 5.74) is 4.79. The smallest absolute Gasteiger partial charge is 0.270 e. The van der Waals surface area contributed by atoms with Gasteiger partial charge >= 0.3 is 0 Å². The van der Waals surface area contributed by atoms with Gasteiger partial charge < -0.3 is 15.2 Å². The van der Waals surface area contributed by atoms with Crippen molar-refractivity contribution in [2.24, 2.45) is 0 Å². The van der Waals surface area contributed by atoms with Crippen LogP contribution in [0.3, 0.4) is 0 Å². The summed E-state index contributed by atoms with van der Waals surface area (Å²) in [7, 11) is 1.60. The van der Waals surface area contributed by atoms with Crippen LogP contribution in [0.5, 0.6) is 0 Å². The molecule has 2 heterocycles. The Labute approximate surface area is 176 Å². The van der Waals surface area contributed by atoms with Gasteiger partial charge in [0.2, 0.25) is 0 Å². The number of aliphatic hydroxyl groups excluding tert-OH is 1. The van der Waals surface area contributed by atoms with E-state index in [0.29, 0.717) is 30.3 Å². The number of carbonyl (C=O) groups excluding carboxylic acids is 1. The lowest BCUT2D eigenvalue weighted by atomic mass is 9.89. The van der Waals surface area contributed by atoms with Crippen LogP contribution in [0, 0.1) is 0 Å². The first-order chi connectivity index (χ1) is 14.0. The van der Waals surface area contributed by atoms with Crippen molar-refractivity contribution in [1.29, 1.82) is 0 Å². The molecule has 0 saturated heterocycles. The molecule has 1 aliphatic carbocycles. The average molecular weight is 418 g/mol. The third kappa shape index (κ3) is 5.75. The molecular weight excluding hydrogens is 390 g/mol. The molecule has 0 aliphatic heterocycles. The van der Waals surface area contributed by atoms with Crippen LogP contribution < -0.4 is 5.32 Å². The Hall–Kier alpha value is -2.02. The number of hydrogen-bond donors (Lipinski definition) is 2. The minimum atomic E-state index is -0.675. The van der Waals surface area contributed by atoms with Gasteiger partial charge in [0, 0.05) is 25.6 Å². The minimum absolute atomic E-state index is 0.268. The molecule has 0 spiro atoms. The van der Waals surface area contributed by atoms with Gasteiger partial charge in [-0.1, -0.05) is 17.7 Å². The fourth-order valence-electron chi connectivity index (χ4n) is 3.71. The number of rotatable bonds is 8. The number of nitrogens with one attached hydrogen (secondary N) is 1. The van der Waals surface area contributed by atoms with Gasteiger partial charge in [0.15, 0.2) is 0 Å². The van der Waals surface area contributed by atoms with Crippen molar-refractivity contribution < 1.29 is 14.6 Å². The summed E-state index contributed by atoms with van der Waals surface area (Å²) < 4.78 is 5.08. The molecular formula is C22H28ClN3O3. The van der Waals surface area contributed by atoms with E-state index in [1.807, 2.05) is 12.1 Å². The molecule has 2 aromatic rings. The molecule has 1 amide bonds. The first kappa shape index (κ1) is 21.7. The summed E-state index contributed by atoms with van der Waals surface area (Å²) in [6.07, 6.45) is 6.38. The predicted molar refractivity (Wildman–Crippen MR) is 112 cm³/mol. The van der Waals surface area contributed by atoms with Gasteiger partial charge in [-0.15, -0.1) is 0 Å². The summed E-state index contributed by atoms with van der Waals surface area (Å²) in [5, 5.41) is 13.4. The van der Waals surface area contributed by atoms with Crippen molar-refractivity contribution in [3.8, 4) is 0 Å². The molecule has 0 saturated carbocycles. The van der Waals surface area contributed by atoms with Crippen molar-refractivity contribution in [3.05, 3.63) is 57.6 Å². The molecule has 29 heavy (non-hydrogen) atoms. The number of methoxy groups -OCH3 is 1. The molecule has 2 aromatic heterocycles. The maximum atomic E-state index is 12.9. The van der Waals surface area contributed by atoms with Gasteiger partial charge in [0.05, 0.1) is 12.1 Å². The van der Waals surface area contributed by atoms with Crippen LogP contribution >= 0.6 is 11.6 Å². The number of aliphatic hydroxyl groups is 1. The molecule has 2 unspecified atom stereocenters. The number of amides is 1. The molecule has 0 fully saturated rings. The van der Waals surface area contributed by atoms with E-state index in [1.165, 1.54) is 5.56 Å². The molecule has 6 nitrogen and oxygen atoms in total. The highest BCUT2D eigenvalue weighted by molar-refractivity contribution is 6.29. The van der Waals surface area contributed by atoms with E-state index in [9.17, 15) is 9.90 Å². The molecule has 2 N–H and O–H groups in total. The van der Waals surface area contributed by atoms with Crippen molar-refractivity contribution >= 4 is 17.5 Å². The highest BCUT2D eigenvalue weighted by Gasteiger charge is 2.22. The summed E-state index contributed by atoms with van der Waals surface area (Å²) >= 11 is 5.90. The predicted octanol–water partition coefficient (Wildman–Crippen LogP) is 3.12. The normalized spacial score (nSPS) is 15.4. The lowest BCUT2D eigenvalue weighted by molar-refractivity contribution is 0.0796. The molecule has 1 aliphatic rings. The van der Waals surface area contributed by atoms with E-state index in [0.717, 1.165) is 42.5 Å². The highest BCUT2D eigenvalue weighted by Crippen LogP contribution is 2.26. The number of aryl methyl sites for hydroxylation is 1. The van der Waals surface area contributed by atoms with Gasteiger partial charge in [-0.2, -0.15) is 0 Å². The zero-order chi connectivity index (χ0) is 20.8. The highest BCUT2D eigenvalue weighted by atomic mass is 35.5. The Kier molecular flexibility index (Phi) is 7.58. The topological polar surface area (TPSA) is 84.3 Å². The van der Waals surface area contributed by atoms with Crippen molar-refractivity contribution in [2.45, 2.75) is 57.6 Å². The Morgan fingerprint density at radius 2 is 2.14 bits per heavy atom. The van der Waals surface area contributed by atoms with E-state index in [1.54, 1.807) is 26.3 Å². The zero-order valence-corrected chi connectivity index (χ0v) is 17.7. The number of hydrogen-bond acceptors (Lipinski definition) is 5. The van der Waals surface area contributed by atoms with Gasteiger partial charge in [0.25, 0.3) is 5.91 Å². The fraction of sp³-hybridized carbons (Fsp3) is 0.500. The van der Waals surface area contributed by atoms with E-state index in [4.69, 9.17) is 16.3 Å². The number of pyridine rings is 2. The molecule has 7 heteroatoms. The van der Waals surface area contributed by atoms with E-state index in [2.05, 4.69) is 15.3 Å². The number of fused-ring (bicyclic) bond motifs is 1. The van der Waals surface area contributed by atoms with Crippen LogP contribution in [-0.2, 0) is 24.0 Å².